The maximum absolute atomic E-state index is 5.39. The van der Waals surface area contributed by atoms with Gasteiger partial charge in [0.15, 0.2) is 0 Å². The Hall–Kier alpha value is 0.400. The van der Waals surface area contributed by atoms with Crippen molar-refractivity contribution in [1.82, 2.24) is 0 Å². The van der Waals surface area contributed by atoms with Crippen molar-refractivity contribution in [3.05, 3.63) is 0 Å². The Kier molecular flexibility index (Phi) is 9.80. The highest BCUT2D eigenvalue weighted by molar-refractivity contribution is 9.09. The van der Waals surface area contributed by atoms with Crippen LogP contribution in [-0.2, 0) is 9.47 Å². The predicted molar refractivity (Wildman–Crippen MR) is 54.9 cm³/mol. The molecule has 0 rings (SSSR count). The van der Waals surface area contributed by atoms with Crippen LogP contribution in [0.4, 0.5) is 0 Å². The molecule has 0 fully saturated rings. The van der Waals surface area contributed by atoms with Crippen molar-refractivity contribution >= 4 is 15.9 Å². The zero-order valence-corrected chi connectivity index (χ0v) is 9.60. The third-order valence-corrected chi connectivity index (χ3v) is 2.02. The first-order chi connectivity index (χ1) is 5.81. The standard InChI is InChI=1S/C9H19BrO2/c1-3-9(2)8-12-7-6-11-5-4-10/h9H,3-8H2,1-2H3. The Morgan fingerprint density at radius 3 is 2.42 bits per heavy atom. The molecule has 1 unspecified atom stereocenters. The SMILES string of the molecule is CCC(C)COCCOCCBr. The van der Waals surface area contributed by atoms with Crippen LogP contribution in [0, 0.1) is 5.92 Å². The Labute approximate surface area is 83.8 Å². The van der Waals surface area contributed by atoms with Crippen LogP contribution in [0.2, 0.25) is 0 Å². The Bertz CT molecular complexity index is 88.6. The first-order valence-electron chi connectivity index (χ1n) is 4.52. The highest BCUT2D eigenvalue weighted by Gasteiger charge is 1.97. The van der Waals surface area contributed by atoms with Crippen LogP contribution >= 0.6 is 15.9 Å². The van der Waals surface area contributed by atoms with E-state index in [0.717, 1.165) is 25.2 Å². The molecular weight excluding hydrogens is 220 g/mol. The van der Waals surface area contributed by atoms with Crippen molar-refractivity contribution < 1.29 is 9.47 Å². The van der Waals surface area contributed by atoms with Gasteiger partial charge in [-0.05, 0) is 5.92 Å². The number of ether oxygens (including phenoxy) is 2. The summed E-state index contributed by atoms with van der Waals surface area (Å²) >= 11 is 3.29. The third kappa shape index (κ3) is 8.50. The highest BCUT2D eigenvalue weighted by Crippen LogP contribution is 1.99. The second kappa shape index (κ2) is 9.49. The molecule has 3 heteroatoms. The summed E-state index contributed by atoms with van der Waals surface area (Å²) in [5.41, 5.74) is 0. The summed E-state index contributed by atoms with van der Waals surface area (Å²) in [5.74, 6) is 0.668. The molecule has 1 atom stereocenters. The van der Waals surface area contributed by atoms with E-state index < -0.39 is 0 Å². The molecular formula is C9H19BrO2. The number of hydrogen-bond donors (Lipinski definition) is 0. The lowest BCUT2D eigenvalue weighted by atomic mass is 10.1. The molecule has 0 saturated heterocycles. The van der Waals surface area contributed by atoms with Crippen LogP contribution < -0.4 is 0 Å². The normalized spacial score (nSPS) is 13.2. The second-order valence-corrected chi connectivity index (χ2v) is 3.68. The van der Waals surface area contributed by atoms with E-state index in [1.54, 1.807) is 0 Å². The maximum atomic E-state index is 5.39. The minimum atomic E-state index is 0.668. The number of alkyl halides is 1. The monoisotopic (exact) mass is 238 g/mol. The summed E-state index contributed by atoms with van der Waals surface area (Å²) in [4.78, 5) is 0. The summed E-state index contributed by atoms with van der Waals surface area (Å²) in [6.45, 7) is 7.43. The molecule has 0 N–H and O–H groups in total. The Morgan fingerprint density at radius 1 is 1.17 bits per heavy atom. The molecule has 12 heavy (non-hydrogen) atoms. The van der Waals surface area contributed by atoms with Crippen molar-refractivity contribution in [1.29, 1.82) is 0 Å². The van der Waals surface area contributed by atoms with Crippen molar-refractivity contribution in [3.8, 4) is 0 Å². The van der Waals surface area contributed by atoms with E-state index in [1.807, 2.05) is 0 Å². The molecule has 2 nitrogen and oxygen atoms in total. The van der Waals surface area contributed by atoms with Gasteiger partial charge in [0.1, 0.15) is 0 Å². The fourth-order valence-corrected chi connectivity index (χ4v) is 0.906. The quantitative estimate of drug-likeness (QED) is 0.478. The van der Waals surface area contributed by atoms with Crippen LogP contribution in [0.5, 0.6) is 0 Å². The van der Waals surface area contributed by atoms with Gasteiger partial charge in [0.2, 0.25) is 0 Å². The van der Waals surface area contributed by atoms with E-state index in [1.165, 1.54) is 6.42 Å². The van der Waals surface area contributed by atoms with E-state index in [2.05, 4.69) is 29.8 Å². The zero-order chi connectivity index (χ0) is 9.23. The van der Waals surface area contributed by atoms with Gasteiger partial charge in [-0.1, -0.05) is 36.2 Å². The van der Waals surface area contributed by atoms with Crippen LogP contribution in [0.3, 0.4) is 0 Å². The molecule has 0 spiro atoms. The van der Waals surface area contributed by atoms with E-state index in [0.29, 0.717) is 12.5 Å². The molecule has 0 bridgehead atoms. The smallest absolute Gasteiger partial charge is 0.0700 e. The summed E-state index contributed by atoms with van der Waals surface area (Å²) in [5, 5.41) is 0.901. The van der Waals surface area contributed by atoms with Crippen LogP contribution in [0.25, 0.3) is 0 Å². The fraction of sp³-hybridized carbons (Fsp3) is 1.00. The Balaban J connectivity index is 2.90. The maximum Gasteiger partial charge on any atom is 0.0700 e. The van der Waals surface area contributed by atoms with E-state index in [4.69, 9.17) is 9.47 Å². The third-order valence-electron chi connectivity index (χ3n) is 1.69. The largest absolute Gasteiger partial charge is 0.379 e. The molecule has 0 amide bonds. The molecule has 0 aliphatic rings. The van der Waals surface area contributed by atoms with Gasteiger partial charge in [-0.2, -0.15) is 0 Å². The molecule has 0 aromatic heterocycles. The average molecular weight is 239 g/mol. The molecule has 0 aromatic rings. The van der Waals surface area contributed by atoms with Crippen LogP contribution in [-0.4, -0.2) is 31.8 Å². The topological polar surface area (TPSA) is 18.5 Å². The molecule has 0 aliphatic heterocycles. The number of hydrogen-bond acceptors (Lipinski definition) is 2. The van der Waals surface area contributed by atoms with Gasteiger partial charge in [-0.25, -0.2) is 0 Å². The van der Waals surface area contributed by atoms with Gasteiger partial charge in [0, 0.05) is 11.9 Å². The number of rotatable bonds is 8. The Morgan fingerprint density at radius 2 is 1.83 bits per heavy atom. The highest BCUT2D eigenvalue weighted by atomic mass is 79.9. The molecule has 74 valence electrons. The van der Waals surface area contributed by atoms with Gasteiger partial charge in [-0.15, -0.1) is 0 Å². The fourth-order valence-electron chi connectivity index (χ4n) is 0.677. The summed E-state index contributed by atoms with van der Waals surface area (Å²) < 4.78 is 10.6. The van der Waals surface area contributed by atoms with Crippen molar-refractivity contribution in [2.24, 2.45) is 5.92 Å². The first kappa shape index (κ1) is 12.4. The predicted octanol–water partition coefficient (Wildman–Crippen LogP) is 2.46. The lowest BCUT2D eigenvalue weighted by Crippen LogP contribution is -2.10. The first-order valence-corrected chi connectivity index (χ1v) is 5.64. The lowest BCUT2D eigenvalue weighted by molar-refractivity contribution is 0.0404. The van der Waals surface area contributed by atoms with Gasteiger partial charge in [0.05, 0.1) is 19.8 Å². The van der Waals surface area contributed by atoms with Gasteiger partial charge >= 0.3 is 0 Å². The average Bonchev–Trinajstić information content (AvgIpc) is 2.10. The molecule has 0 saturated carbocycles. The molecule has 0 heterocycles. The molecule has 0 aromatic carbocycles. The zero-order valence-electron chi connectivity index (χ0n) is 8.01. The molecule has 0 aliphatic carbocycles. The summed E-state index contributed by atoms with van der Waals surface area (Å²) in [6.07, 6.45) is 1.18. The van der Waals surface area contributed by atoms with Crippen molar-refractivity contribution in [2.45, 2.75) is 20.3 Å². The van der Waals surface area contributed by atoms with Crippen molar-refractivity contribution in [3.63, 3.8) is 0 Å². The van der Waals surface area contributed by atoms with E-state index in [-0.39, 0.29) is 0 Å². The van der Waals surface area contributed by atoms with Gasteiger partial charge in [-0.3, -0.25) is 0 Å². The van der Waals surface area contributed by atoms with Crippen LogP contribution in [0.1, 0.15) is 20.3 Å². The van der Waals surface area contributed by atoms with Gasteiger partial charge < -0.3 is 9.47 Å². The minimum Gasteiger partial charge on any atom is -0.379 e. The van der Waals surface area contributed by atoms with E-state index >= 15 is 0 Å². The second-order valence-electron chi connectivity index (χ2n) is 2.89. The van der Waals surface area contributed by atoms with Crippen LogP contribution in [0.15, 0.2) is 0 Å². The van der Waals surface area contributed by atoms with Crippen molar-refractivity contribution in [2.75, 3.05) is 31.8 Å². The number of halogens is 1. The lowest BCUT2D eigenvalue weighted by Gasteiger charge is -2.08. The van der Waals surface area contributed by atoms with Gasteiger partial charge in [0.25, 0.3) is 0 Å². The summed E-state index contributed by atoms with van der Waals surface area (Å²) in [6, 6.07) is 0. The van der Waals surface area contributed by atoms with E-state index in [9.17, 15) is 0 Å². The minimum absolute atomic E-state index is 0.668. The molecule has 0 radical (unpaired) electrons. The summed E-state index contributed by atoms with van der Waals surface area (Å²) in [7, 11) is 0.